The van der Waals surface area contributed by atoms with E-state index in [4.69, 9.17) is 0 Å². The van der Waals surface area contributed by atoms with Crippen LogP contribution in [0.25, 0.3) is 0 Å². The summed E-state index contributed by atoms with van der Waals surface area (Å²) in [6.07, 6.45) is -1.51. The number of rotatable bonds is 4. The van der Waals surface area contributed by atoms with Crippen LogP contribution >= 0.6 is 0 Å². The zero-order valence-electron chi connectivity index (χ0n) is 11.7. The summed E-state index contributed by atoms with van der Waals surface area (Å²) >= 11 is 0. The van der Waals surface area contributed by atoms with Crippen molar-refractivity contribution in [3.8, 4) is 0 Å². The number of benzene rings is 1. The van der Waals surface area contributed by atoms with Gasteiger partial charge in [-0.3, -0.25) is 0 Å². The molecule has 0 spiro atoms. The zero-order valence-corrected chi connectivity index (χ0v) is 11.7. The van der Waals surface area contributed by atoms with Gasteiger partial charge >= 0.3 is 11.8 Å². The van der Waals surface area contributed by atoms with Crippen molar-refractivity contribution < 1.29 is 22.7 Å². The van der Waals surface area contributed by atoms with Crippen LogP contribution in [-0.2, 0) is 5.92 Å². The molecular formula is C15H19F4NO. The predicted octanol–water partition coefficient (Wildman–Crippen LogP) is 3.16. The second-order valence-corrected chi connectivity index (χ2v) is 5.56. The maximum atomic E-state index is 14.2. The first-order valence-corrected chi connectivity index (χ1v) is 7.01. The highest BCUT2D eigenvalue weighted by Gasteiger charge is 2.63. The van der Waals surface area contributed by atoms with Gasteiger partial charge in [-0.1, -0.05) is 30.3 Å². The first-order chi connectivity index (χ1) is 9.78. The second-order valence-electron chi connectivity index (χ2n) is 5.56. The van der Waals surface area contributed by atoms with Crippen molar-refractivity contribution in [2.75, 3.05) is 6.54 Å². The maximum Gasteiger partial charge on any atom is 0.340 e. The van der Waals surface area contributed by atoms with Gasteiger partial charge in [0.1, 0.15) is 6.10 Å². The Bertz CT molecular complexity index is 466. The molecule has 118 valence electrons. The minimum Gasteiger partial charge on any atom is -0.386 e. The number of nitrogens with one attached hydrogen (secondary N) is 1. The van der Waals surface area contributed by atoms with Gasteiger partial charge in [0.2, 0.25) is 0 Å². The highest BCUT2D eigenvalue weighted by atomic mass is 19.3. The average Bonchev–Trinajstić information content (AvgIpc) is 2.47. The molecule has 6 heteroatoms. The molecule has 2 rings (SSSR count). The number of piperidine rings is 1. The number of aliphatic hydroxyl groups is 1. The van der Waals surface area contributed by atoms with E-state index in [0.29, 0.717) is 19.4 Å². The number of hydrogen-bond donors (Lipinski definition) is 2. The van der Waals surface area contributed by atoms with E-state index in [2.05, 4.69) is 5.32 Å². The molecule has 0 amide bonds. The summed E-state index contributed by atoms with van der Waals surface area (Å²) in [6, 6.07) is 5.49. The predicted molar refractivity (Wildman–Crippen MR) is 71.5 cm³/mol. The van der Waals surface area contributed by atoms with E-state index in [1.165, 1.54) is 18.2 Å². The van der Waals surface area contributed by atoms with Crippen LogP contribution in [0.15, 0.2) is 30.3 Å². The number of hydrogen-bond acceptors (Lipinski definition) is 2. The van der Waals surface area contributed by atoms with Crippen LogP contribution in [0.2, 0.25) is 0 Å². The molecule has 1 aliphatic heterocycles. The molecule has 1 unspecified atom stereocenters. The van der Waals surface area contributed by atoms with Gasteiger partial charge in [0.25, 0.3) is 0 Å². The summed E-state index contributed by atoms with van der Waals surface area (Å²) in [7, 11) is 0. The largest absolute Gasteiger partial charge is 0.386 e. The summed E-state index contributed by atoms with van der Waals surface area (Å²) in [4.78, 5) is 0. The van der Waals surface area contributed by atoms with E-state index in [1.54, 1.807) is 6.92 Å². The Kier molecular flexibility index (Phi) is 4.58. The Morgan fingerprint density at radius 2 is 1.81 bits per heavy atom. The molecule has 0 aromatic heterocycles. The van der Waals surface area contributed by atoms with Gasteiger partial charge in [-0.2, -0.15) is 17.6 Å². The number of alkyl halides is 4. The van der Waals surface area contributed by atoms with Crippen molar-refractivity contribution in [1.82, 2.24) is 5.32 Å². The van der Waals surface area contributed by atoms with Gasteiger partial charge in [0.05, 0.1) is 0 Å². The molecule has 0 saturated carbocycles. The minimum absolute atomic E-state index is 0.301. The standard InChI is InChI=1S/C15H19F4NO/c1-10-12(8-5-9-20-10)13(21)15(18,19)14(16,17)11-6-3-2-4-7-11/h2-4,6-7,10,12-13,20-21H,5,8-9H2,1H3/t10?,12-,13+/m1/s1. The van der Waals surface area contributed by atoms with Gasteiger partial charge in [-0.05, 0) is 26.3 Å². The van der Waals surface area contributed by atoms with Crippen LogP contribution in [0, 0.1) is 5.92 Å². The van der Waals surface area contributed by atoms with Gasteiger partial charge in [-0.15, -0.1) is 0 Å². The minimum atomic E-state index is -4.52. The Morgan fingerprint density at radius 1 is 1.19 bits per heavy atom. The lowest BCUT2D eigenvalue weighted by Crippen LogP contribution is -2.56. The molecule has 2 nitrogen and oxygen atoms in total. The third kappa shape index (κ3) is 2.92. The average molecular weight is 305 g/mol. The molecule has 0 aliphatic carbocycles. The molecule has 21 heavy (non-hydrogen) atoms. The SMILES string of the molecule is CC1NCCC[C@H]1[C@H](O)C(F)(F)C(F)(F)c1ccccc1. The normalized spacial score (nSPS) is 25.6. The summed E-state index contributed by atoms with van der Waals surface area (Å²) in [5.41, 5.74) is -0.787. The van der Waals surface area contributed by atoms with Crippen LogP contribution in [0.1, 0.15) is 25.3 Å². The third-order valence-electron chi connectivity index (χ3n) is 4.15. The summed E-state index contributed by atoms with van der Waals surface area (Å²) < 4.78 is 56.7. The quantitative estimate of drug-likeness (QED) is 0.838. The van der Waals surface area contributed by atoms with Crippen LogP contribution in [0.3, 0.4) is 0 Å². The Labute approximate surface area is 121 Å². The van der Waals surface area contributed by atoms with Crippen LogP contribution in [0.5, 0.6) is 0 Å². The van der Waals surface area contributed by atoms with E-state index in [-0.39, 0.29) is 0 Å². The van der Waals surface area contributed by atoms with E-state index in [0.717, 1.165) is 12.1 Å². The lowest BCUT2D eigenvalue weighted by Gasteiger charge is -2.39. The van der Waals surface area contributed by atoms with Crippen molar-refractivity contribution in [1.29, 1.82) is 0 Å². The molecule has 0 bridgehead atoms. The van der Waals surface area contributed by atoms with E-state index < -0.39 is 35.5 Å². The highest BCUT2D eigenvalue weighted by molar-refractivity contribution is 5.23. The van der Waals surface area contributed by atoms with Crippen LogP contribution < -0.4 is 5.32 Å². The van der Waals surface area contributed by atoms with Crippen molar-refractivity contribution in [2.45, 2.75) is 43.8 Å². The Balaban J connectivity index is 2.27. The van der Waals surface area contributed by atoms with E-state index >= 15 is 0 Å². The molecule has 1 fully saturated rings. The Morgan fingerprint density at radius 3 is 2.38 bits per heavy atom. The van der Waals surface area contributed by atoms with Crippen LogP contribution in [-0.4, -0.2) is 29.7 Å². The fourth-order valence-corrected chi connectivity index (χ4v) is 2.79. The first kappa shape index (κ1) is 16.2. The van der Waals surface area contributed by atoms with Crippen molar-refractivity contribution in [3.05, 3.63) is 35.9 Å². The molecule has 2 N–H and O–H groups in total. The highest BCUT2D eigenvalue weighted by Crippen LogP contribution is 2.47. The number of halogens is 4. The molecule has 1 heterocycles. The molecule has 1 aliphatic rings. The molecule has 1 aromatic carbocycles. The summed E-state index contributed by atoms with van der Waals surface area (Å²) in [5.74, 6) is -9.83. The van der Waals surface area contributed by atoms with Gasteiger partial charge in [0.15, 0.2) is 0 Å². The van der Waals surface area contributed by atoms with Crippen molar-refractivity contribution >= 4 is 0 Å². The lowest BCUT2D eigenvalue weighted by molar-refractivity contribution is -0.272. The van der Waals surface area contributed by atoms with E-state index in [1.807, 2.05) is 0 Å². The van der Waals surface area contributed by atoms with Gasteiger partial charge in [-0.25, -0.2) is 0 Å². The zero-order chi connectivity index (χ0) is 15.7. The summed E-state index contributed by atoms with van der Waals surface area (Å²) in [5, 5.41) is 12.8. The lowest BCUT2D eigenvalue weighted by atomic mass is 9.81. The Hall–Kier alpha value is -1.14. The first-order valence-electron chi connectivity index (χ1n) is 7.01. The maximum absolute atomic E-state index is 14.2. The van der Waals surface area contributed by atoms with Crippen molar-refractivity contribution in [3.63, 3.8) is 0 Å². The number of aliphatic hydroxyl groups excluding tert-OH is 1. The van der Waals surface area contributed by atoms with Crippen molar-refractivity contribution in [2.24, 2.45) is 5.92 Å². The fourth-order valence-electron chi connectivity index (χ4n) is 2.79. The third-order valence-corrected chi connectivity index (χ3v) is 4.15. The summed E-state index contributed by atoms with van der Waals surface area (Å²) in [6.45, 7) is 2.27. The van der Waals surface area contributed by atoms with Gasteiger partial charge in [0, 0.05) is 17.5 Å². The smallest absolute Gasteiger partial charge is 0.340 e. The van der Waals surface area contributed by atoms with Crippen LogP contribution in [0.4, 0.5) is 17.6 Å². The second kappa shape index (κ2) is 5.93. The molecule has 3 atom stereocenters. The fraction of sp³-hybridized carbons (Fsp3) is 0.600. The van der Waals surface area contributed by atoms with Gasteiger partial charge < -0.3 is 10.4 Å². The topological polar surface area (TPSA) is 32.3 Å². The molecular weight excluding hydrogens is 286 g/mol. The molecule has 1 saturated heterocycles. The monoisotopic (exact) mass is 305 g/mol. The van der Waals surface area contributed by atoms with E-state index in [9.17, 15) is 22.7 Å². The molecule has 1 aromatic rings. The molecule has 0 radical (unpaired) electrons.